The monoisotopic (exact) mass is 582 g/mol. The van der Waals surface area contributed by atoms with Gasteiger partial charge in [-0.05, 0) is 43.5 Å². The SMILES string of the molecule is C[C@H](NC(=O)c1cc(OC(F)(F)F)cc(C2(C#N)CC2)c1)c1ncnn1-c1cc(C(=O)NCCC(F)(F)F)ncn1. The predicted octanol–water partition coefficient (Wildman–Crippen LogP) is 3.68. The molecule has 1 aliphatic carbocycles. The third-order valence-corrected chi connectivity index (χ3v) is 6.02. The highest BCUT2D eigenvalue weighted by atomic mass is 19.4. The molecule has 0 spiro atoms. The first-order chi connectivity index (χ1) is 19.2. The van der Waals surface area contributed by atoms with Crippen molar-refractivity contribution in [1.82, 2.24) is 35.4 Å². The van der Waals surface area contributed by atoms with Gasteiger partial charge in [-0.2, -0.15) is 28.2 Å². The number of ether oxygens (including phenoxy) is 1. The third-order valence-electron chi connectivity index (χ3n) is 6.02. The molecule has 216 valence electrons. The zero-order valence-corrected chi connectivity index (χ0v) is 21.0. The number of alkyl halides is 6. The van der Waals surface area contributed by atoms with Gasteiger partial charge in [-0.25, -0.2) is 15.0 Å². The van der Waals surface area contributed by atoms with E-state index >= 15 is 0 Å². The molecule has 1 aromatic carbocycles. The third kappa shape index (κ3) is 7.26. The number of carbonyl (C=O) groups excluding carboxylic acids is 2. The minimum atomic E-state index is -5.02. The van der Waals surface area contributed by atoms with Gasteiger partial charge in [0.2, 0.25) is 0 Å². The summed E-state index contributed by atoms with van der Waals surface area (Å²) in [5, 5.41) is 18.2. The van der Waals surface area contributed by atoms with Crippen LogP contribution in [0, 0.1) is 11.3 Å². The molecule has 1 atom stereocenters. The number of halogens is 6. The van der Waals surface area contributed by atoms with Crippen LogP contribution in [0.1, 0.15) is 64.5 Å². The Bertz CT molecular complexity index is 1490. The molecule has 11 nitrogen and oxygen atoms in total. The Morgan fingerprint density at radius 1 is 1.07 bits per heavy atom. The van der Waals surface area contributed by atoms with Crippen molar-refractivity contribution in [3.05, 3.63) is 59.6 Å². The van der Waals surface area contributed by atoms with Crippen LogP contribution in [0.15, 0.2) is 36.9 Å². The second-order valence-corrected chi connectivity index (χ2v) is 9.10. The van der Waals surface area contributed by atoms with Crippen LogP contribution < -0.4 is 15.4 Å². The highest BCUT2D eigenvalue weighted by molar-refractivity contribution is 5.95. The van der Waals surface area contributed by atoms with E-state index in [1.54, 1.807) is 0 Å². The molecule has 4 rings (SSSR count). The average Bonchev–Trinajstić information content (AvgIpc) is 3.54. The van der Waals surface area contributed by atoms with Crippen LogP contribution in [-0.4, -0.2) is 55.6 Å². The van der Waals surface area contributed by atoms with Crippen LogP contribution in [0.2, 0.25) is 0 Å². The molecule has 0 bridgehead atoms. The summed E-state index contributed by atoms with van der Waals surface area (Å²) in [6.45, 7) is 0.838. The Labute approximate surface area is 227 Å². The highest BCUT2D eigenvalue weighted by Crippen LogP contribution is 2.48. The molecule has 0 aliphatic heterocycles. The summed E-state index contributed by atoms with van der Waals surface area (Å²) < 4.78 is 80.9. The lowest BCUT2D eigenvalue weighted by molar-refractivity contribution is -0.274. The fourth-order valence-corrected chi connectivity index (χ4v) is 3.85. The van der Waals surface area contributed by atoms with E-state index in [0.29, 0.717) is 12.8 Å². The van der Waals surface area contributed by atoms with Crippen LogP contribution in [0.5, 0.6) is 5.75 Å². The summed E-state index contributed by atoms with van der Waals surface area (Å²) in [7, 11) is 0. The molecule has 3 aromatic rings. The number of carbonyl (C=O) groups is 2. The van der Waals surface area contributed by atoms with Gasteiger partial charge in [0.15, 0.2) is 11.6 Å². The molecule has 0 radical (unpaired) electrons. The number of nitriles is 1. The number of benzene rings is 1. The number of hydrogen-bond donors (Lipinski definition) is 2. The van der Waals surface area contributed by atoms with Crippen molar-refractivity contribution in [3.63, 3.8) is 0 Å². The molecule has 1 aliphatic rings. The zero-order chi connectivity index (χ0) is 30.0. The standard InChI is InChI=1S/C24H20F6N8O3/c1-13(37-20(39)14-6-15(22(10-31)2-3-22)8-16(7-14)41-24(28,29)30)19-35-12-36-38(19)18-9-17(33-11-34-18)21(40)32-5-4-23(25,26)27/h6-9,11-13H,2-5H2,1H3,(H,32,40)(H,37,39)/t13-/m0/s1. The van der Waals surface area contributed by atoms with Crippen molar-refractivity contribution in [1.29, 1.82) is 5.26 Å². The maximum Gasteiger partial charge on any atom is 0.573 e. The predicted molar refractivity (Wildman–Crippen MR) is 125 cm³/mol. The quantitative estimate of drug-likeness (QED) is 0.363. The lowest BCUT2D eigenvalue weighted by Gasteiger charge is -2.17. The minimum absolute atomic E-state index is 0.00197. The van der Waals surface area contributed by atoms with E-state index in [2.05, 4.69) is 41.5 Å². The van der Waals surface area contributed by atoms with E-state index in [4.69, 9.17) is 0 Å². The zero-order valence-electron chi connectivity index (χ0n) is 21.0. The summed E-state index contributed by atoms with van der Waals surface area (Å²) in [5.41, 5.74) is -1.24. The van der Waals surface area contributed by atoms with Gasteiger partial charge in [-0.15, -0.1) is 13.2 Å². The van der Waals surface area contributed by atoms with Gasteiger partial charge >= 0.3 is 12.5 Å². The summed E-state index contributed by atoms with van der Waals surface area (Å²) in [6.07, 6.45) is -7.77. The Morgan fingerprint density at radius 3 is 2.44 bits per heavy atom. The number of nitrogens with one attached hydrogen (secondary N) is 2. The van der Waals surface area contributed by atoms with Gasteiger partial charge in [0.05, 0.1) is 23.9 Å². The second kappa shape index (κ2) is 11.0. The maximum absolute atomic E-state index is 13.1. The molecular formula is C24H20F6N8O3. The first kappa shape index (κ1) is 29.2. The van der Waals surface area contributed by atoms with Crippen molar-refractivity contribution in [3.8, 4) is 17.6 Å². The molecule has 1 saturated carbocycles. The Kier molecular flexibility index (Phi) is 7.86. The Hall–Kier alpha value is -4.75. The van der Waals surface area contributed by atoms with Crippen molar-refractivity contribution in [2.45, 2.75) is 50.2 Å². The molecule has 2 heterocycles. The van der Waals surface area contributed by atoms with Gasteiger partial charge in [0.1, 0.15) is 24.1 Å². The summed E-state index contributed by atoms with van der Waals surface area (Å²) in [4.78, 5) is 37.1. The Morgan fingerprint density at radius 2 is 1.80 bits per heavy atom. The fourth-order valence-electron chi connectivity index (χ4n) is 3.85. The molecule has 2 N–H and O–H groups in total. The van der Waals surface area contributed by atoms with Gasteiger partial charge in [-0.3, -0.25) is 9.59 Å². The number of rotatable bonds is 9. The summed E-state index contributed by atoms with van der Waals surface area (Å²) in [6, 6.07) is 5.59. The number of amides is 2. The maximum atomic E-state index is 13.1. The minimum Gasteiger partial charge on any atom is -0.406 e. The van der Waals surface area contributed by atoms with E-state index in [0.717, 1.165) is 35.5 Å². The fraction of sp³-hybridized carbons (Fsp3) is 0.375. The van der Waals surface area contributed by atoms with E-state index in [1.165, 1.54) is 13.0 Å². The highest BCUT2D eigenvalue weighted by Gasteiger charge is 2.46. The molecule has 0 unspecified atom stereocenters. The lowest BCUT2D eigenvalue weighted by atomic mass is 9.95. The number of hydrogen-bond acceptors (Lipinski definition) is 8. The van der Waals surface area contributed by atoms with Crippen LogP contribution in [0.4, 0.5) is 26.3 Å². The van der Waals surface area contributed by atoms with Crippen molar-refractivity contribution in [2.24, 2.45) is 0 Å². The molecule has 0 saturated heterocycles. The van der Waals surface area contributed by atoms with Crippen LogP contribution in [0.3, 0.4) is 0 Å². The van der Waals surface area contributed by atoms with E-state index in [-0.39, 0.29) is 28.5 Å². The molecular weight excluding hydrogens is 562 g/mol. The van der Waals surface area contributed by atoms with Gasteiger partial charge in [0, 0.05) is 18.2 Å². The first-order valence-corrected chi connectivity index (χ1v) is 11.9. The lowest BCUT2D eigenvalue weighted by Crippen LogP contribution is -2.30. The second-order valence-electron chi connectivity index (χ2n) is 9.10. The van der Waals surface area contributed by atoms with Crippen molar-refractivity contribution >= 4 is 11.8 Å². The first-order valence-electron chi connectivity index (χ1n) is 11.9. The van der Waals surface area contributed by atoms with Gasteiger partial charge in [0.25, 0.3) is 11.8 Å². The molecule has 17 heteroatoms. The molecule has 2 aromatic heterocycles. The molecule has 2 amide bonds. The largest absolute Gasteiger partial charge is 0.573 e. The van der Waals surface area contributed by atoms with Crippen molar-refractivity contribution < 1.29 is 40.7 Å². The topological polar surface area (TPSA) is 148 Å². The Balaban J connectivity index is 1.53. The van der Waals surface area contributed by atoms with Crippen LogP contribution in [-0.2, 0) is 5.41 Å². The molecule has 1 fully saturated rings. The van der Waals surface area contributed by atoms with Crippen molar-refractivity contribution in [2.75, 3.05) is 6.54 Å². The van der Waals surface area contributed by atoms with E-state index < -0.39 is 54.5 Å². The van der Waals surface area contributed by atoms with E-state index in [1.807, 2.05) is 0 Å². The van der Waals surface area contributed by atoms with Crippen LogP contribution >= 0.6 is 0 Å². The number of nitrogens with zero attached hydrogens (tertiary/aromatic N) is 6. The van der Waals surface area contributed by atoms with Gasteiger partial charge < -0.3 is 15.4 Å². The summed E-state index contributed by atoms with van der Waals surface area (Å²) in [5.74, 6) is -2.24. The summed E-state index contributed by atoms with van der Waals surface area (Å²) >= 11 is 0. The van der Waals surface area contributed by atoms with Gasteiger partial charge in [-0.1, -0.05) is 0 Å². The van der Waals surface area contributed by atoms with E-state index in [9.17, 15) is 41.2 Å². The van der Waals surface area contributed by atoms with Crippen LogP contribution in [0.25, 0.3) is 5.82 Å². The average molecular weight is 582 g/mol. The molecule has 41 heavy (non-hydrogen) atoms. The number of aromatic nitrogens is 5. The normalized spacial score (nSPS) is 15.0. The smallest absolute Gasteiger partial charge is 0.406 e.